The number of nitrogen functional groups attached to an aromatic ring is 1. The van der Waals surface area contributed by atoms with Gasteiger partial charge in [-0.15, -0.1) is 0 Å². The van der Waals surface area contributed by atoms with Crippen molar-refractivity contribution in [3.63, 3.8) is 0 Å². The lowest BCUT2D eigenvalue weighted by Gasteiger charge is -2.11. The molecule has 2 aromatic rings. The molecule has 0 spiro atoms. The topological polar surface area (TPSA) is 63.4 Å². The summed E-state index contributed by atoms with van der Waals surface area (Å²) in [5.41, 5.74) is 10.1. The smallest absolute Gasteiger partial charge is 0.231 e. The fraction of sp³-hybridized carbons (Fsp3) is 0.176. The zero-order valence-corrected chi connectivity index (χ0v) is 12.0. The van der Waals surface area contributed by atoms with Crippen molar-refractivity contribution in [1.29, 1.82) is 0 Å². The number of benzene rings is 2. The number of rotatable bonds is 2. The standard InChI is InChI=1S/C17H16N2O2/c1-10-4-3-5-13(18)16(10)17(21)11-6-7-14-12(8-11)9-15(20)19(14)2/h3-8H,9,18H2,1-2H3. The van der Waals surface area contributed by atoms with E-state index in [-0.39, 0.29) is 11.7 Å². The molecule has 4 heteroatoms. The third-order valence-corrected chi connectivity index (χ3v) is 3.95. The van der Waals surface area contributed by atoms with Crippen LogP contribution in [0.4, 0.5) is 11.4 Å². The van der Waals surface area contributed by atoms with Gasteiger partial charge in [0.25, 0.3) is 0 Å². The van der Waals surface area contributed by atoms with Crippen LogP contribution < -0.4 is 10.6 Å². The van der Waals surface area contributed by atoms with Gasteiger partial charge in [-0.05, 0) is 42.3 Å². The van der Waals surface area contributed by atoms with Gasteiger partial charge in [-0.25, -0.2) is 0 Å². The van der Waals surface area contributed by atoms with Crippen LogP contribution in [0.1, 0.15) is 27.0 Å². The Morgan fingerprint density at radius 2 is 2.00 bits per heavy atom. The van der Waals surface area contributed by atoms with Gasteiger partial charge >= 0.3 is 0 Å². The van der Waals surface area contributed by atoms with Gasteiger partial charge in [0.1, 0.15) is 0 Å². The molecule has 1 aliphatic heterocycles. The van der Waals surface area contributed by atoms with E-state index in [1.807, 2.05) is 25.1 Å². The van der Waals surface area contributed by atoms with Crippen LogP contribution in [0.25, 0.3) is 0 Å². The van der Waals surface area contributed by atoms with Crippen LogP contribution in [-0.4, -0.2) is 18.7 Å². The number of aryl methyl sites for hydroxylation is 1. The number of nitrogens with zero attached hydrogens (tertiary/aromatic N) is 1. The number of nitrogens with two attached hydrogens (primary N) is 1. The first kappa shape index (κ1) is 13.4. The fourth-order valence-electron chi connectivity index (χ4n) is 2.76. The van der Waals surface area contributed by atoms with Gasteiger partial charge in [-0.2, -0.15) is 0 Å². The summed E-state index contributed by atoms with van der Waals surface area (Å²) in [5.74, 6) is -0.0552. The first-order valence-electron chi connectivity index (χ1n) is 6.78. The van der Waals surface area contributed by atoms with E-state index < -0.39 is 0 Å². The lowest BCUT2D eigenvalue weighted by Crippen LogP contribution is -2.20. The highest BCUT2D eigenvalue weighted by atomic mass is 16.2. The van der Waals surface area contributed by atoms with Crippen LogP contribution in [0.3, 0.4) is 0 Å². The van der Waals surface area contributed by atoms with E-state index in [9.17, 15) is 9.59 Å². The zero-order chi connectivity index (χ0) is 15.1. The van der Waals surface area contributed by atoms with Crippen molar-refractivity contribution in [2.75, 3.05) is 17.7 Å². The molecule has 0 fully saturated rings. The van der Waals surface area contributed by atoms with Gasteiger partial charge in [0.15, 0.2) is 5.78 Å². The summed E-state index contributed by atoms with van der Waals surface area (Å²) in [7, 11) is 1.75. The van der Waals surface area contributed by atoms with Gasteiger partial charge in [0.2, 0.25) is 5.91 Å². The number of likely N-dealkylation sites (N-methyl/N-ethyl adjacent to an activating group) is 1. The summed E-state index contributed by atoms with van der Waals surface area (Å²) < 4.78 is 0. The Balaban J connectivity index is 2.05. The summed E-state index contributed by atoms with van der Waals surface area (Å²) in [4.78, 5) is 26.0. The lowest BCUT2D eigenvalue weighted by molar-refractivity contribution is -0.117. The molecular weight excluding hydrogens is 264 g/mol. The highest BCUT2D eigenvalue weighted by Crippen LogP contribution is 2.30. The number of hydrogen-bond donors (Lipinski definition) is 1. The van der Waals surface area contributed by atoms with E-state index in [0.29, 0.717) is 23.2 Å². The monoisotopic (exact) mass is 280 g/mol. The third-order valence-electron chi connectivity index (χ3n) is 3.95. The van der Waals surface area contributed by atoms with Crippen LogP contribution in [0.2, 0.25) is 0 Å². The Bertz CT molecular complexity index is 745. The third kappa shape index (κ3) is 2.09. The number of amides is 1. The van der Waals surface area contributed by atoms with Gasteiger partial charge in [0.05, 0.1) is 6.42 Å². The molecule has 0 unspecified atom stereocenters. The van der Waals surface area contributed by atoms with Crippen LogP contribution in [0, 0.1) is 6.92 Å². The van der Waals surface area contributed by atoms with E-state index >= 15 is 0 Å². The number of fused-ring (bicyclic) bond motifs is 1. The molecule has 2 N–H and O–H groups in total. The second kappa shape index (κ2) is 4.74. The fourth-order valence-corrected chi connectivity index (χ4v) is 2.76. The van der Waals surface area contributed by atoms with Crippen LogP contribution >= 0.6 is 0 Å². The van der Waals surface area contributed by atoms with Crippen molar-refractivity contribution in [3.05, 3.63) is 58.7 Å². The molecule has 0 saturated carbocycles. The number of carbonyl (C=O) groups is 2. The van der Waals surface area contributed by atoms with E-state index in [1.165, 1.54) is 0 Å². The average Bonchev–Trinajstić information content (AvgIpc) is 2.73. The molecule has 0 saturated heterocycles. The zero-order valence-electron chi connectivity index (χ0n) is 12.0. The maximum atomic E-state index is 12.7. The largest absolute Gasteiger partial charge is 0.398 e. The summed E-state index contributed by atoms with van der Waals surface area (Å²) in [6.07, 6.45) is 0.343. The number of hydrogen-bond acceptors (Lipinski definition) is 3. The minimum Gasteiger partial charge on any atom is -0.398 e. The second-order valence-corrected chi connectivity index (χ2v) is 5.34. The van der Waals surface area contributed by atoms with E-state index in [2.05, 4.69) is 0 Å². The van der Waals surface area contributed by atoms with E-state index in [1.54, 1.807) is 30.1 Å². The van der Waals surface area contributed by atoms with Crippen molar-refractivity contribution < 1.29 is 9.59 Å². The minimum atomic E-state index is -0.101. The quantitative estimate of drug-likeness (QED) is 0.678. The van der Waals surface area contributed by atoms with Gasteiger partial charge < -0.3 is 10.6 Å². The molecule has 0 atom stereocenters. The number of carbonyl (C=O) groups excluding carboxylic acids is 2. The molecule has 1 aliphatic rings. The Kier molecular flexibility index (Phi) is 3.01. The molecule has 106 valence electrons. The first-order chi connectivity index (χ1) is 9.99. The van der Waals surface area contributed by atoms with Crippen molar-refractivity contribution in [3.8, 4) is 0 Å². The Hall–Kier alpha value is -2.62. The molecule has 1 heterocycles. The van der Waals surface area contributed by atoms with Crippen molar-refractivity contribution in [2.45, 2.75) is 13.3 Å². The molecule has 4 nitrogen and oxygen atoms in total. The molecule has 1 amide bonds. The first-order valence-corrected chi connectivity index (χ1v) is 6.78. The van der Waals surface area contributed by atoms with Crippen LogP contribution in [0.5, 0.6) is 0 Å². The van der Waals surface area contributed by atoms with Crippen molar-refractivity contribution in [2.24, 2.45) is 0 Å². The summed E-state index contributed by atoms with van der Waals surface area (Å²) in [6, 6.07) is 10.8. The van der Waals surface area contributed by atoms with E-state index in [0.717, 1.165) is 16.8 Å². The van der Waals surface area contributed by atoms with Crippen molar-refractivity contribution >= 4 is 23.1 Å². The molecule has 2 aromatic carbocycles. The predicted molar refractivity (Wildman–Crippen MR) is 82.6 cm³/mol. The molecule has 0 aromatic heterocycles. The lowest BCUT2D eigenvalue weighted by atomic mass is 9.96. The van der Waals surface area contributed by atoms with Crippen LogP contribution in [-0.2, 0) is 11.2 Å². The second-order valence-electron chi connectivity index (χ2n) is 5.34. The van der Waals surface area contributed by atoms with E-state index in [4.69, 9.17) is 5.73 Å². The molecule has 21 heavy (non-hydrogen) atoms. The molecule has 3 rings (SSSR count). The Morgan fingerprint density at radius 1 is 1.24 bits per heavy atom. The summed E-state index contributed by atoms with van der Waals surface area (Å²) >= 11 is 0. The SMILES string of the molecule is Cc1cccc(N)c1C(=O)c1ccc2c(c1)CC(=O)N2C. The highest BCUT2D eigenvalue weighted by Gasteiger charge is 2.25. The van der Waals surface area contributed by atoms with Gasteiger partial charge in [0, 0.05) is 29.5 Å². The summed E-state index contributed by atoms with van der Waals surface area (Å²) in [5, 5.41) is 0. The Labute approximate surface area is 123 Å². The highest BCUT2D eigenvalue weighted by molar-refractivity contribution is 6.14. The Morgan fingerprint density at radius 3 is 2.71 bits per heavy atom. The van der Waals surface area contributed by atoms with Crippen LogP contribution in [0.15, 0.2) is 36.4 Å². The minimum absolute atomic E-state index is 0.0463. The molecular formula is C17H16N2O2. The molecule has 0 radical (unpaired) electrons. The number of anilines is 2. The van der Waals surface area contributed by atoms with Gasteiger partial charge in [-0.3, -0.25) is 9.59 Å². The summed E-state index contributed by atoms with van der Waals surface area (Å²) in [6.45, 7) is 1.87. The molecule has 0 bridgehead atoms. The predicted octanol–water partition coefficient (Wildman–Crippen LogP) is 2.33. The maximum Gasteiger partial charge on any atom is 0.231 e. The maximum absolute atomic E-state index is 12.7. The molecule has 0 aliphatic carbocycles. The average molecular weight is 280 g/mol. The van der Waals surface area contributed by atoms with Gasteiger partial charge in [-0.1, -0.05) is 12.1 Å². The normalized spacial score (nSPS) is 13.4. The van der Waals surface area contributed by atoms with Crippen molar-refractivity contribution in [1.82, 2.24) is 0 Å². The number of ketones is 1.